The number of hydrogen-bond acceptors (Lipinski definition) is 4. The smallest absolute Gasteiger partial charge is 0.497 e. The number of carboxylic acid groups (broad SMARTS) is 1. The van der Waals surface area contributed by atoms with E-state index in [0.29, 0.717) is 11.5 Å². The number of methoxy groups -OCH3 is 1. The van der Waals surface area contributed by atoms with Crippen molar-refractivity contribution in [3.05, 3.63) is 24.3 Å². The van der Waals surface area contributed by atoms with E-state index in [9.17, 15) is 4.79 Å². The first-order valence-electron chi connectivity index (χ1n) is 4.32. The van der Waals surface area contributed by atoms with Crippen LogP contribution in [0.25, 0.3) is 0 Å². The van der Waals surface area contributed by atoms with Crippen molar-refractivity contribution < 1.29 is 24.1 Å². The molecule has 1 rings (SSSR count). The first kappa shape index (κ1) is 11.2. The minimum absolute atomic E-state index is 0.518. The molecule has 1 aromatic carbocycles. The third kappa shape index (κ3) is 3.76. The second kappa shape index (κ2) is 5.09. The molecular weight excluding hydrogens is 200 g/mol. The SMILES string of the molecule is COc1ccc(OC(C)OC(=O)O)cc1. The molecule has 0 aliphatic heterocycles. The highest BCUT2D eigenvalue weighted by atomic mass is 16.8. The highest BCUT2D eigenvalue weighted by molar-refractivity contribution is 5.56. The third-order valence-electron chi connectivity index (χ3n) is 1.63. The van der Waals surface area contributed by atoms with E-state index in [1.54, 1.807) is 31.4 Å². The zero-order valence-electron chi connectivity index (χ0n) is 8.47. The van der Waals surface area contributed by atoms with Crippen LogP contribution in [0.2, 0.25) is 0 Å². The highest BCUT2D eigenvalue weighted by Crippen LogP contribution is 2.18. The lowest BCUT2D eigenvalue weighted by atomic mass is 10.3. The van der Waals surface area contributed by atoms with Gasteiger partial charge in [-0.2, -0.15) is 0 Å². The van der Waals surface area contributed by atoms with Gasteiger partial charge >= 0.3 is 6.16 Å². The average molecular weight is 212 g/mol. The minimum atomic E-state index is -1.36. The van der Waals surface area contributed by atoms with E-state index in [1.165, 1.54) is 6.92 Å². The maximum absolute atomic E-state index is 10.2. The summed E-state index contributed by atoms with van der Waals surface area (Å²) in [6.45, 7) is 1.50. The van der Waals surface area contributed by atoms with Gasteiger partial charge in [0.25, 0.3) is 0 Å². The number of rotatable bonds is 4. The maximum Gasteiger partial charge on any atom is 0.508 e. The Balaban J connectivity index is 2.53. The standard InChI is InChI=1S/C10H12O5/c1-7(15-10(11)12)14-9-5-3-8(13-2)4-6-9/h3-7H,1-2H3,(H,11,12). The molecule has 0 fully saturated rings. The van der Waals surface area contributed by atoms with Gasteiger partial charge in [-0.25, -0.2) is 4.79 Å². The lowest BCUT2D eigenvalue weighted by Gasteiger charge is -2.13. The van der Waals surface area contributed by atoms with Crippen molar-refractivity contribution in [2.75, 3.05) is 7.11 Å². The van der Waals surface area contributed by atoms with Gasteiger partial charge in [0.2, 0.25) is 6.29 Å². The van der Waals surface area contributed by atoms with E-state index >= 15 is 0 Å². The molecule has 5 nitrogen and oxygen atoms in total. The molecule has 0 amide bonds. The number of benzene rings is 1. The van der Waals surface area contributed by atoms with Gasteiger partial charge in [0.1, 0.15) is 11.5 Å². The predicted octanol–water partition coefficient (Wildman–Crippen LogP) is 2.11. The first-order valence-corrected chi connectivity index (χ1v) is 4.32. The second-order valence-electron chi connectivity index (χ2n) is 2.74. The van der Waals surface area contributed by atoms with Crippen molar-refractivity contribution in [2.24, 2.45) is 0 Å². The lowest BCUT2D eigenvalue weighted by molar-refractivity contribution is -0.0405. The summed E-state index contributed by atoms with van der Waals surface area (Å²) in [6.07, 6.45) is -2.20. The van der Waals surface area contributed by atoms with Crippen LogP contribution in [0.1, 0.15) is 6.92 Å². The Kier molecular flexibility index (Phi) is 3.79. The van der Waals surface area contributed by atoms with Crippen LogP contribution in [0.4, 0.5) is 4.79 Å². The van der Waals surface area contributed by atoms with Crippen LogP contribution in [0.5, 0.6) is 11.5 Å². The van der Waals surface area contributed by atoms with Gasteiger partial charge in [-0.3, -0.25) is 0 Å². The monoisotopic (exact) mass is 212 g/mol. The van der Waals surface area contributed by atoms with Gasteiger partial charge in [-0.15, -0.1) is 0 Å². The largest absolute Gasteiger partial charge is 0.508 e. The van der Waals surface area contributed by atoms with E-state index in [2.05, 4.69) is 4.74 Å². The van der Waals surface area contributed by atoms with Crippen LogP contribution < -0.4 is 9.47 Å². The average Bonchev–Trinajstić information content (AvgIpc) is 2.17. The fourth-order valence-corrected chi connectivity index (χ4v) is 1.01. The Labute approximate surface area is 87.2 Å². The quantitative estimate of drug-likeness (QED) is 0.611. The molecule has 1 unspecified atom stereocenters. The Bertz CT molecular complexity index is 319. The second-order valence-corrected chi connectivity index (χ2v) is 2.74. The number of hydrogen-bond donors (Lipinski definition) is 1. The molecule has 0 aromatic heterocycles. The summed E-state index contributed by atoms with van der Waals surface area (Å²) < 4.78 is 14.5. The van der Waals surface area contributed by atoms with Crippen molar-refractivity contribution in [2.45, 2.75) is 13.2 Å². The molecule has 0 bridgehead atoms. The van der Waals surface area contributed by atoms with Crippen LogP contribution in [-0.2, 0) is 4.74 Å². The Morgan fingerprint density at radius 1 is 1.27 bits per heavy atom. The number of carbonyl (C=O) groups is 1. The Morgan fingerprint density at radius 3 is 2.27 bits per heavy atom. The van der Waals surface area contributed by atoms with Crippen LogP contribution in [0.15, 0.2) is 24.3 Å². The summed E-state index contributed by atoms with van der Waals surface area (Å²) in [4.78, 5) is 10.2. The summed E-state index contributed by atoms with van der Waals surface area (Å²) in [7, 11) is 1.56. The van der Waals surface area contributed by atoms with Gasteiger partial charge < -0.3 is 19.3 Å². The summed E-state index contributed by atoms with van der Waals surface area (Å²) in [5.41, 5.74) is 0. The topological polar surface area (TPSA) is 65.0 Å². The molecule has 1 aromatic rings. The fourth-order valence-electron chi connectivity index (χ4n) is 1.01. The molecule has 0 spiro atoms. The van der Waals surface area contributed by atoms with Crippen molar-refractivity contribution in [3.63, 3.8) is 0 Å². The molecule has 0 saturated carbocycles. The molecule has 0 heterocycles. The van der Waals surface area contributed by atoms with E-state index in [4.69, 9.17) is 14.6 Å². The van der Waals surface area contributed by atoms with Crippen molar-refractivity contribution >= 4 is 6.16 Å². The van der Waals surface area contributed by atoms with Crippen LogP contribution >= 0.6 is 0 Å². The fraction of sp³-hybridized carbons (Fsp3) is 0.300. The summed E-state index contributed by atoms with van der Waals surface area (Å²) in [5, 5.41) is 8.32. The molecule has 15 heavy (non-hydrogen) atoms. The molecule has 0 aliphatic carbocycles. The lowest BCUT2D eigenvalue weighted by Crippen LogP contribution is -2.19. The van der Waals surface area contributed by atoms with E-state index < -0.39 is 12.4 Å². The maximum atomic E-state index is 10.2. The molecule has 0 aliphatic rings. The normalized spacial score (nSPS) is 11.6. The third-order valence-corrected chi connectivity index (χ3v) is 1.63. The van der Waals surface area contributed by atoms with Gasteiger partial charge in [-0.1, -0.05) is 0 Å². The molecule has 5 heteroatoms. The van der Waals surface area contributed by atoms with E-state index in [0.717, 1.165) is 0 Å². The highest BCUT2D eigenvalue weighted by Gasteiger charge is 2.08. The van der Waals surface area contributed by atoms with Crippen LogP contribution in [0, 0.1) is 0 Å². The van der Waals surface area contributed by atoms with E-state index in [1.807, 2.05) is 0 Å². The Morgan fingerprint density at radius 2 is 1.80 bits per heavy atom. The summed E-state index contributed by atoms with van der Waals surface area (Å²) in [6, 6.07) is 6.76. The zero-order chi connectivity index (χ0) is 11.3. The van der Waals surface area contributed by atoms with Crippen LogP contribution in [-0.4, -0.2) is 24.7 Å². The molecule has 82 valence electrons. The first-order chi connectivity index (χ1) is 7.11. The van der Waals surface area contributed by atoms with Gasteiger partial charge in [0.15, 0.2) is 0 Å². The van der Waals surface area contributed by atoms with E-state index in [-0.39, 0.29) is 0 Å². The molecule has 1 N–H and O–H groups in total. The molecule has 0 saturated heterocycles. The van der Waals surface area contributed by atoms with Crippen LogP contribution in [0.3, 0.4) is 0 Å². The summed E-state index contributed by atoms with van der Waals surface area (Å²) >= 11 is 0. The summed E-state index contributed by atoms with van der Waals surface area (Å²) in [5.74, 6) is 1.22. The molecular formula is C10H12O5. The molecule has 1 atom stereocenters. The van der Waals surface area contributed by atoms with Gasteiger partial charge in [-0.05, 0) is 24.3 Å². The van der Waals surface area contributed by atoms with Gasteiger partial charge in [0, 0.05) is 6.92 Å². The predicted molar refractivity (Wildman–Crippen MR) is 52.2 cm³/mol. The molecule has 0 radical (unpaired) electrons. The number of ether oxygens (including phenoxy) is 3. The van der Waals surface area contributed by atoms with Gasteiger partial charge in [0.05, 0.1) is 7.11 Å². The minimum Gasteiger partial charge on any atom is -0.497 e. The Hall–Kier alpha value is -1.91. The van der Waals surface area contributed by atoms with Crippen molar-refractivity contribution in [3.8, 4) is 11.5 Å². The van der Waals surface area contributed by atoms with Crippen molar-refractivity contribution in [1.82, 2.24) is 0 Å². The van der Waals surface area contributed by atoms with Crippen molar-refractivity contribution in [1.29, 1.82) is 0 Å². The zero-order valence-corrected chi connectivity index (χ0v) is 8.47.